The fraction of sp³-hybridized carbons (Fsp3) is 0.375. The Hall–Kier alpha value is -3.36. The second-order valence-corrected chi connectivity index (χ2v) is 5.68. The molecule has 1 aliphatic heterocycles. The van der Waals surface area contributed by atoms with Gasteiger partial charge in [-0.25, -0.2) is 9.97 Å². The SMILES string of the molecule is CNC(=O)c1nnc(Nc2ncc(C#N)cn2)cc1NC[C@H]1CNCCO1. The number of aromatic nitrogens is 4. The second kappa shape index (κ2) is 8.84. The first-order chi connectivity index (χ1) is 13.2. The normalized spacial score (nSPS) is 16.2. The van der Waals surface area contributed by atoms with Crippen molar-refractivity contribution in [2.75, 3.05) is 43.9 Å². The van der Waals surface area contributed by atoms with E-state index in [1.54, 1.807) is 6.07 Å². The molecule has 140 valence electrons. The highest BCUT2D eigenvalue weighted by molar-refractivity contribution is 5.97. The van der Waals surface area contributed by atoms with Gasteiger partial charge in [-0.1, -0.05) is 0 Å². The van der Waals surface area contributed by atoms with Crippen LogP contribution in [0.4, 0.5) is 17.5 Å². The molecule has 0 radical (unpaired) electrons. The third-order valence-corrected chi connectivity index (χ3v) is 3.78. The number of rotatable bonds is 6. The molecule has 1 aliphatic rings. The molecular formula is C16H19N9O2. The maximum atomic E-state index is 12.1. The average Bonchev–Trinajstić information content (AvgIpc) is 2.73. The fourth-order valence-corrected chi connectivity index (χ4v) is 2.41. The van der Waals surface area contributed by atoms with Crippen molar-refractivity contribution in [1.82, 2.24) is 30.8 Å². The van der Waals surface area contributed by atoms with E-state index in [2.05, 4.69) is 41.4 Å². The van der Waals surface area contributed by atoms with Crippen LogP contribution in [0.5, 0.6) is 0 Å². The lowest BCUT2D eigenvalue weighted by Crippen LogP contribution is -2.42. The van der Waals surface area contributed by atoms with Gasteiger partial charge in [0.25, 0.3) is 5.91 Å². The van der Waals surface area contributed by atoms with Crippen LogP contribution in [-0.4, -0.2) is 65.5 Å². The quantitative estimate of drug-likeness (QED) is 0.531. The van der Waals surface area contributed by atoms with E-state index in [1.165, 1.54) is 19.4 Å². The van der Waals surface area contributed by atoms with Crippen LogP contribution in [0, 0.1) is 11.3 Å². The lowest BCUT2D eigenvalue weighted by molar-refractivity contribution is 0.0372. The number of nitrogens with one attached hydrogen (secondary N) is 4. The van der Waals surface area contributed by atoms with Crippen LogP contribution in [-0.2, 0) is 4.74 Å². The predicted molar refractivity (Wildman–Crippen MR) is 96.6 cm³/mol. The lowest BCUT2D eigenvalue weighted by Gasteiger charge is -2.24. The van der Waals surface area contributed by atoms with Gasteiger partial charge < -0.3 is 26.0 Å². The summed E-state index contributed by atoms with van der Waals surface area (Å²) < 4.78 is 5.65. The van der Waals surface area contributed by atoms with Gasteiger partial charge in [0.05, 0.1) is 36.4 Å². The summed E-state index contributed by atoms with van der Waals surface area (Å²) in [5.74, 6) is 0.271. The number of nitrogens with zero attached hydrogens (tertiary/aromatic N) is 5. The monoisotopic (exact) mass is 369 g/mol. The van der Waals surface area contributed by atoms with Gasteiger partial charge in [-0.15, -0.1) is 10.2 Å². The Bertz CT molecular complexity index is 829. The number of morpholine rings is 1. The molecule has 2 aromatic heterocycles. The number of nitriles is 1. The first kappa shape index (κ1) is 18.4. The topological polar surface area (TPSA) is 150 Å². The summed E-state index contributed by atoms with van der Waals surface area (Å²) in [5, 5.41) is 28.7. The van der Waals surface area contributed by atoms with Crippen molar-refractivity contribution in [2.24, 2.45) is 0 Å². The van der Waals surface area contributed by atoms with E-state index in [-0.39, 0.29) is 23.7 Å². The molecule has 0 unspecified atom stereocenters. The third kappa shape index (κ3) is 4.84. The minimum atomic E-state index is -0.353. The molecule has 0 bridgehead atoms. The molecule has 0 aliphatic carbocycles. The van der Waals surface area contributed by atoms with E-state index in [0.29, 0.717) is 30.2 Å². The first-order valence-corrected chi connectivity index (χ1v) is 8.34. The number of amides is 1. The highest BCUT2D eigenvalue weighted by Gasteiger charge is 2.18. The number of ether oxygens (including phenoxy) is 1. The zero-order valence-corrected chi connectivity index (χ0v) is 14.7. The zero-order chi connectivity index (χ0) is 19.1. The number of hydrogen-bond donors (Lipinski definition) is 4. The summed E-state index contributed by atoms with van der Waals surface area (Å²) in [6, 6.07) is 3.60. The molecule has 1 saturated heterocycles. The van der Waals surface area contributed by atoms with E-state index in [9.17, 15) is 4.79 Å². The Labute approximate surface area is 155 Å². The van der Waals surface area contributed by atoms with Crippen molar-refractivity contribution in [3.63, 3.8) is 0 Å². The Morgan fingerprint density at radius 2 is 2.22 bits per heavy atom. The smallest absolute Gasteiger partial charge is 0.273 e. The van der Waals surface area contributed by atoms with Crippen LogP contribution in [0.15, 0.2) is 18.5 Å². The molecule has 4 N–H and O–H groups in total. The lowest BCUT2D eigenvalue weighted by atomic mass is 10.2. The van der Waals surface area contributed by atoms with Crippen molar-refractivity contribution < 1.29 is 9.53 Å². The number of hydrogen-bond acceptors (Lipinski definition) is 10. The molecule has 0 aromatic carbocycles. The van der Waals surface area contributed by atoms with E-state index in [0.717, 1.165) is 13.1 Å². The van der Waals surface area contributed by atoms with Crippen molar-refractivity contribution in [3.8, 4) is 6.07 Å². The summed E-state index contributed by atoms with van der Waals surface area (Å²) in [6.45, 7) is 2.71. The molecule has 11 nitrogen and oxygen atoms in total. The number of carbonyl (C=O) groups excluding carboxylic acids is 1. The van der Waals surface area contributed by atoms with Crippen LogP contribution in [0.3, 0.4) is 0 Å². The van der Waals surface area contributed by atoms with Crippen LogP contribution >= 0.6 is 0 Å². The summed E-state index contributed by atoms with van der Waals surface area (Å²) in [7, 11) is 1.53. The summed E-state index contributed by atoms with van der Waals surface area (Å²) in [5.41, 5.74) is 1.03. The Morgan fingerprint density at radius 3 is 2.89 bits per heavy atom. The summed E-state index contributed by atoms with van der Waals surface area (Å²) >= 11 is 0. The van der Waals surface area contributed by atoms with Gasteiger partial charge in [-0.05, 0) is 0 Å². The van der Waals surface area contributed by atoms with Crippen molar-refractivity contribution >= 4 is 23.4 Å². The minimum absolute atomic E-state index is 0.0114. The molecule has 27 heavy (non-hydrogen) atoms. The van der Waals surface area contributed by atoms with Crippen LogP contribution in [0.1, 0.15) is 16.1 Å². The van der Waals surface area contributed by atoms with Crippen molar-refractivity contribution in [3.05, 3.63) is 29.7 Å². The van der Waals surface area contributed by atoms with Crippen molar-refractivity contribution in [2.45, 2.75) is 6.10 Å². The van der Waals surface area contributed by atoms with Gasteiger partial charge in [0, 0.05) is 32.7 Å². The van der Waals surface area contributed by atoms with Crippen LogP contribution in [0.25, 0.3) is 0 Å². The molecule has 3 heterocycles. The molecule has 3 rings (SSSR count). The standard InChI is InChI=1S/C16H19N9O2/c1-18-15(26)14-12(20-9-11-8-19-2-3-27-11)4-13(24-25-14)23-16-21-6-10(5-17)7-22-16/h4,6-7,11,19H,2-3,8-9H2,1H3,(H,18,26)(H2,20,21,22,23,24)/t11-/m1/s1. The largest absolute Gasteiger partial charge is 0.380 e. The predicted octanol–water partition coefficient (Wildman–Crippen LogP) is -0.358. The van der Waals surface area contributed by atoms with Gasteiger partial charge >= 0.3 is 0 Å². The van der Waals surface area contributed by atoms with E-state index in [1.807, 2.05) is 6.07 Å². The molecule has 0 spiro atoms. The Morgan fingerprint density at radius 1 is 1.41 bits per heavy atom. The van der Waals surface area contributed by atoms with E-state index >= 15 is 0 Å². The zero-order valence-electron chi connectivity index (χ0n) is 14.7. The average molecular weight is 369 g/mol. The van der Waals surface area contributed by atoms with E-state index in [4.69, 9.17) is 10.00 Å². The highest BCUT2D eigenvalue weighted by atomic mass is 16.5. The summed E-state index contributed by atoms with van der Waals surface area (Å²) in [4.78, 5) is 20.1. The van der Waals surface area contributed by atoms with Gasteiger partial charge in [0.2, 0.25) is 5.95 Å². The number of anilines is 3. The molecule has 1 fully saturated rings. The van der Waals surface area contributed by atoms with Gasteiger partial charge in [-0.3, -0.25) is 4.79 Å². The maximum absolute atomic E-state index is 12.1. The van der Waals surface area contributed by atoms with Crippen LogP contribution < -0.4 is 21.3 Å². The first-order valence-electron chi connectivity index (χ1n) is 8.34. The van der Waals surface area contributed by atoms with Crippen LogP contribution in [0.2, 0.25) is 0 Å². The molecule has 0 saturated carbocycles. The molecular weight excluding hydrogens is 350 g/mol. The maximum Gasteiger partial charge on any atom is 0.273 e. The fourth-order valence-electron chi connectivity index (χ4n) is 2.41. The highest BCUT2D eigenvalue weighted by Crippen LogP contribution is 2.19. The molecule has 11 heteroatoms. The Kier molecular flexibility index (Phi) is 6.03. The second-order valence-electron chi connectivity index (χ2n) is 5.68. The Balaban J connectivity index is 1.76. The summed E-state index contributed by atoms with van der Waals surface area (Å²) in [6.07, 6.45) is 2.78. The van der Waals surface area contributed by atoms with Gasteiger partial charge in [-0.2, -0.15) is 5.26 Å². The molecule has 2 aromatic rings. The van der Waals surface area contributed by atoms with Crippen molar-refractivity contribution in [1.29, 1.82) is 5.26 Å². The molecule has 1 atom stereocenters. The van der Waals surface area contributed by atoms with Gasteiger partial charge in [0.15, 0.2) is 11.5 Å². The third-order valence-electron chi connectivity index (χ3n) is 3.78. The van der Waals surface area contributed by atoms with E-state index < -0.39 is 0 Å². The minimum Gasteiger partial charge on any atom is -0.380 e. The van der Waals surface area contributed by atoms with Gasteiger partial charge in [0.1, 0.15) is 6.07 Å². The molecule has 1 amide bonds. The number of carbonyl (C=O) groups is 1.